The summed E-state index contributed by atoms with van der Waals surface area (Å²) in [6.07, 6.45) is 1.60. The lowest BCUT2D eigenvalue weighted by Gasteiger charge is -2.13. The minimum Gasteiger partial charge on any atom is -0.322 e. The van der Waals surface area contributed by atoms with Gasteiger partial charge < -0.3 is 5.73 Å². The molecule has 1 aromatic carbocycles. The number of hydrogen-bond donors (Lipinski definition) is 1. The fourth-order valence-electron chi connectivity index (χ4n) is 1.66. The van der Waals surface area contributed by atoms with Gasteiger partial charge in [0.1, 0.15) is 5.82 Å². The third kappa shape index (κ3) is 2.99. The van der Waals surface area contributed by atoms with Crippen LogP contribution in [0, 0.1) is 5.82 Å². The molecule has 0 aliphatic rings. The van der Waals surface area contributed by atoms with Crippen LogP contribution in [0.4, 0.5) is 4.39 Å². The van der Waals surface area contributed by atoms with E-state index in [1.54, 1.807) is 24.3 Å². The molecule has 2 N–H and O–H groups in total. The highest BCUT2D eigenvalue weighted by Gasteiger charge is 2.13. The third-order valence-corrected chi connectivity index (χ3v) is 3.32. The van der Waals surface area contributed by atoms with Crippen LogP contribution in [-0.4, -0.2) is 4.98 Å². The Kier molecular flexibility index (Phi) is 4.17. The molecule has 0 radical (unpaired) electrons. The largest absolute Gasteiger partial charge is 0.322 e. The second-order valence-electron chi connectivity index (χ2n) is 3.91. The Hall–Kier alpha value is -1.16. The average molecular weight is 285 g/mol. The van der Waals surface area contributed by atoms with Gasteiger partial charge in [-0.15, -0.1) is 0 Å². The van der Waals surface area contributed by atoms with Gasteiger partial charge in [-0.1, -0.05) is 29.3 Å². The normalized spacial score (nSPS) is 12.4. The van der Waals surface area contributed by atoms with E-state index >= 15 is 0 Å². The third-order valence-electron chi connectivity index (χ3n) is 2.62. The maximum atomic E-state index is 12.8. The van der Waals surface area contributed by atoms with E-state index < -0.39 is 0 Å². The fraction of sp³-hybridized carbons (Fsp3) is 0.154. The van der Waals surface area contributed by atoms with Crippen LogP contribution in [-0.2, 0) is 6.42 Å². The first-order valence-electron chi connectivity index (χ1n) is 5.38. The molecule has 0 aliphatic carbocycles. The summed E-state index contributed by atoms with van der Waals surface area (Å²) in [7, 11) is 0. The molecular weight excluding hydrogens is 274 g/mol. The van der Waals surface area contributed by atoms with Crippen molar-refractivity contribution in [3.8, 4) is 0 Å². The van der Waals surface area contributed by atoms with Gasteiger partial charge in [0.25, 0.3) is 0 Å². The molecule has 2 nitrogen and oxygen atoms in total. The van der Waals surface area contributed by atoms with Crippen molar-refractivity contribution in [1.29, 1.82) is 0 Å². The van der Waals surface area contributed by atoms with E-state index in [1.807, 2.05) is 0 Å². The highest BCUT2D eigenvalue weighted by molar-refractivity contribution is 6.36. The van der Waals surface area contributed by atoms with Crippen LogP contribution in [0.15, 0.2) is 36.5 Å². The summed E-state index contributed by atoms with van der Waals surface area (Å²) in [4.78, 5) is 3.95. The maximum absolute atomic E-state index is 12.8. The molecule has 0 amide bonds. The van der Waals surface area contributed by atoms with E-state index in [1.165, 1.54) is 6.07 Å². The van der Waals surface area contributed by atoms with Crippen LogP contribution in [0.1, 0.15) is 17.3 Å². The topological polar surface area (TPSA) is 38.9 Å². The van der Waals surface area contributed by atoms with Crippen molar-refractivity contribution >= 4 is 23.2 Å². The zero-order valence-corrected chi connectivity index (χ0v) is 10.9. The Morgan fingerprint density at radius 2 is 1.83 bits per heavy atom. The van der Waals surface area contributed by atoms with Gasteiger partial charge in [0.15, 0.2) is 0 Å². The Morgan fingerprint density at radius 3 is 2.39 bits per heavy atom. The van der Waals surface area contributed by atoms with E-state index in [4.69, 9.17) is 28.9 Å². The molecule has 18 heavy (non-hydrogen) atoms. The minimum absolute atomic E-state index is 0.372. The molecule has 1 unspecified atom stereocenters. The molecule has 1 heterocycles. The summed E-state index contributed by atoms with van der Waals surface area (Å²) in [6, 6.07) is 7.81. The van der Waals surface area contributed by atoms with Gasteiger partial charge in [-0.3, -0.25) is 4.98 Å². The number of pyridine rings is 1. The van der Waals surface area contributed by atoms with Crippen LogP contribution >= 0.6 is 23.2 Å². The molecular formula is C13H11Cl2FN2. The minimum atomic E-state index is -0.387. The summed E-state index contributed by atoms with van der Waals surface area (Å²) in [6.45, 7) is 0. The lowest BCUT2D eigenvalue weighted by Crippen LogP contribution is -2.15. The van der Waals surface area contributed by atoms with E-state index in [0.717, 1.165) is 11.8 Å². The van der Waals surface area contributed by atoms with E-state index in [0.29, 0.717) is 22.2 Å². The molecule has 0 bridgehead atoms. The SMILES string of the molecule is NC(Cc1c(Cl)cccc1Cl)c1ccc(F)cn1. The highest BCUT2D eigenvalue weighted by atomic mass is 35.5. The molecule has 1 atom stereocenters. The number of rotatable bonds is 3. The van der Waals surface area contributed by atoms with Gasteiger partial charge in [0.2, 0.25) is 0 Å². The maximum Gasteiger partial charge on any atom is 0.141 e. The number of halogens is 3. The molecule has 0 saturated heterocycles. The van der Waals surface area contributed by atoms with Crippen molar-refractivity contribution in [2.45, 2.75) is 12.5 Å². The number of hydrogen-bond acceptors (Lipinski definition) is 2. The quantitative estimate of drug-likeness (QED) is 0.932. The van der Waals surface area contributed by atoms with Crippen molar-refractivity contribution in [2.75, 3.05) is 0 Å². The summed E-state index contributed by atoms with van der Waals surface area (Å²) in [5.41, 5.74) is 7.39. The van der Waals surface area contributed by atoms with E-state index in [2.05, 4.69) is 4.98 Å². The lowest BCUT2D eigenvalue weighted by molar-refractivity contribution is 0.612. The second kappa shape index (κ2) is 5.65. The Balaban J connectivity index is 2.21. The monoisotopic (exact) mass is 284 g/mol. The first-order chi connectivity index (χ1) is 8.58. The Morgan fingerprint density at radius 1 is 1.17 bits per heavy atom. The van der Waals surface area contributed by atoms with Crippen LogP contribution < -0.4 is 5.73 Å². The van der Waals surface area contributed by atoms with Crippen molar-refractivity contribution < 1.29 is 4.39 Å². The van der Waals surface area contributed by atoms with E-state index in [-0.39, 0.29) is 11.9 Å². The summed E-state index contributed by atoms with van der Waals surface area (Å²) in [5.74, 6) is -0.387. The molecule has 5 heteroatoms. The second-order valence-corrected chi connectivity index (χ2v) is 4.73. The fourth-order valence-corrected chi connectivity index (χ4v) is 2.21. The first-order valence-corrected chi connectivity index (χ1v) is 6.13. The number of aromatic nitrogens is 1. The predicted molar refractivity (Wildman–Crippen MR) is 71.3 cm³/mol. The predicted octanol–water partition coefficient (Wildman–Crippen LogP) is 3.77. The first kappa shape index (κ1) is 13.3. The smallest absolute Gasteiger partial charge is 0.141 e. The van der Waals surface area contributed by atoms with Crippen LogP contribution in [0.25, 0.3) is 0 Å². The summed E-state index contributed by atoms with van der Waals surface area (Å²) >= 11 is 12.1. The molecule has 0 saturated carbocycles. The lowest BCUT2D eigenvalue weighted by atomic mass is 10.0. The number of benzene rings is 1. The summed E-state index contributed by atoms with van der Waals surface area (Å²) in [5, 5.41) is 1.14. The molecule has 1 aromatic heterocycles. The zero-order valence-electron chi connectivity index (χ0n) is 9.41. The molecule has 0 spiro atoms. The van der Waals surface area contributed by atoms with Gasteiger partial charge in [-0.2, -0.15) is 0 Å². The van der Waals surface area contributed by atoms with Crippen molar-refractivity contribution in [3.63, 3.8) is 0 Å². The summed E-state index contributed by atoms with van der Waals surface area (Å²) < 4.78 is 12.8. The molecule has 2 aromatic rings. The van der Waals surface area contributed by atoms with Crippen molar-refractivity contribution in [1.82, 2.24) is 4.98 Å². The average Bonchev–Trinajstić information content (AvgIpc) is 2.34. The van der Waals surface area contributed by atoms with Gasteiger partial charge in [-0.05, 0) is 36.2 Å². The van der Waals surface area contributed by atoms with Gasteiger partial charge >= 0.3 is 0 Å². The van der Waals surface area contributed by atoms with Crippen molar-refractivity contribution in [3.05, 3.63) is 63.6 Å². The van der Waals surface area contributed by atoms with Crippen molar-refractivity contribution in [2.24, 2.45) is 5.73 Å². The van der Waals surface area contributed by atoms with Crippen LogP contribution in [0.2, 0.25) is 10.0 Å². The highest BCUT2D eigenvalue weighted by Crippen LogP contribution is 2.27. The standard InChI is InChI=1S/C13H11Cl2FN2/c14-10-2-1-3-11(15)9(10)6-12(17)13-5-4-8(16)7-18-13/h1-5,7,12H,6,17H2. The van der Waals surface area contributed by atoms with Gasteiger partial charge in [0.05, 0.1) is 17.9 Å². The van der Waals surface area contributed by atoms with Gasteiger partial charge in [-0.25, -0.2) is 4.39 Å². The van der Waals surface area contributed by atoms with Crippen LogP contribution in [0.3, 0.4) is 0 Å². The zero-order chi connectivity index (χ0) is 13.1. The van der Waals surface area contributed by atoms with E-state index in [9.17, 15) is 4.39 Å². The molecule has 0 aliphatic heterocycles. The number of nitrogens with two attached hydrogens (primary N) is 1. The number of nitrogens with zero attached hydrogens (tertiary/aromatic N) is 1. The molecule has 0 fully saturated rings. The van der Waals surface area contributed by atoms with Gasteiger partial charge in [0, 0.05) is 10.0 Å². The molecule has 2 rings (SSSR count). The van der Waals surface area contributed by atoms with Crippen LogP contribution in [0.5, 0.6) is 0 Å². The molecule has 94 valence electrons. The Bertz CT molecular complexity index is 523. The Labute approximate surface area is 115 Å².